The lowest BCUT2D eigenvalue weighted by molar-refractivity contribution is 0.0790. The number of piperidine rings is 1. The molecule has 3 fully saturated rings. The Bertz CT molecular complexity index is 496. The van der Waals surface area contributed by atoms with Crippen LogP contribution in [0.25, 0.3) is 0 Å². The molecular weight excluding hydrogens is 342 g/mol. The minimum Gasteiger partial charge on any atom is -0.391 e. The van der Waals surface area contributed by atoms with E-state index >= 15 is 0 Å². The highest BCUT2D eigenvalue weighted by Crippen LogP contribution is 2.35. The monoisotopic (exact) mass is 375 g/mol. The van der Waals surface area contributed by atoms with Crippen LogP contribution in [-0.4, -0.2) is 54.2 Å². The normalized spacial score (nSPS) is 39.7. The molecule has 2 N–H and O–H groups in total. The van der Waals surface area contributed by atoms with Crippen LogP contribution in [0.1, 0.15) is 64.2 Å². The van der Waals surface area contributed by atoms with Gasteiger partial charge in [-0.15, -0.1) is 0 Å². The zero-order valence-electron chi connectivity index (χ0n) is 14.8. The van der Waals surface area contributed by atoms with Crippen molar-refractivity contribution in [2.24, 2.45) is 5.92 Å². The van der Waals surface area contributed by atoms with E-state index in [9.17, 15) is 13.5 Å². The van der Waals surface area contributed by atoms with Crippen molar-refractivity contribution in [2.75, 3.05) is 12.0 Å². The van der Waals surface area contributed by atoms with E-state index in [0.29, 0.717) is 17.2 Å². The van der Waals surface area contributed by atoms with Gasteiger partial charge in [-0.3, -0.25) is 0 Å². The van der Waals surface area contributed by atoms with Crippen LogP contribution in [0.5, 0.6) is 0 Å². The Morgan fingerprint density at radius 2 is 1.83 bits per heavy atom. The topological polar surface area (TPSA) is 66.4 Å². The molecule has 2 heterocycles. The van der Waals surface area contributed by atoms with Crippen molar-refractivity contribution in [3.8, 4) is 0 Å². The predicted octanol–water partition coefficient (Wildman–Crippen LogP) is 2.75. The van der Waals surface area contributed by atoms with Crippen molar-refractivity contribution in [1.82, 2.24) is 5.32 Å². The van der Waals surface area contributed by atoms with Gasteiger partial charge in [-0.1, -0.05) is 6.42 Å². The highest BCUT2D eigenvalue weighted by atomic mass is 32.2. The van der Waals surface area contributed by atoms with Crippen molar-refractivity contribution in [1.29, 1.82) is 0 Å². The molecule has 3 unspecified atom stereocenters. The van der Waals surface area contributed by atoms with Crippen LogP contribution in [0.2, 0.25) is 0 Å². The minimum atomic E-state index is -2.88. The van der Waals surface area contributed by atoms with Gasteiger partial charge >= 0.3 is 0 Å². The molecule has 0 aromatic heterocycles. The first kappa shape index (κ1) is 19.0. The summed E-state index contributed by atoms with van der Waals surface area (Å²) in [5.41, 5.74) is 0. The molecule has 2 aliphatic heterocycles. The first-order valence-corrected chi connectivity index (χ1v) is 12.7. The van der Waals surface area contributed by atoms with Gasteiger partial charge in [-0.2, -0.15) is 11.8 Å². The van der Waals surface area contributed by atoms with E-state index in [4.69, 9.17) is 0 Å². The molecule has 3 aliphatic rings. The lowest BCUT2D eigenvalue weighted by Gasteiger charge is -2.40. The van der Waals surface area contributed by atoms with Gasteiger partial charge < -0.3 is 10.4 Å². The molecule has 0 amide bonds. The van der Waals surface area contributed by atoms with Gasteiger partial charge in [-0.05, 0) is 69.5 Å². The van der Waals surface area contributed by atoms with E-state index in [1.54, 1.807) is 0 Å². The van der Waals surface area contributed by atoms with E-state index in [0.717, 1.165) is 38.5 Å². The molecule has 0 radical (unpaired) electrons. The number of hydrogen-bond donors (Lipinski definition) is 2. The molecule has 3 rings (SSSR count). The molecule has 1 aliphatic carbocycles. The number of aliphatic hydroxyl groups is 1. The van der Waals surface area contributed by atoms with E-state index in [2.05, 4.69) is 5.32 Å². The number of rotatable bonds is 5. The van der Waals surface area contributed by atoms with Crippen molar-refractivity contribution < 1.29 is 13.5 Å². The molecular formula is C18H33NO3S2. The Morgan fingerprint density at radius 1 is 1.08 bits per heavy atom. The lowest BCUT2D eigenvalue weighted by Crippen LogP contribution is -2.52. The second-order valence-electron chi connectivity index (χ2n) is 8.11. The third kappa shape index (κ3) is 4.89. The van der Waals surface area contributed by atoms with E-state index in [1.807, 2.05) is 11.8 Å². The standard InChI is InChI=1S/C18H33NO3S2/c1-24(21,22)15-9-7-13(8-10-15)16-5-2-6-17(19-16)18(20)12-14-4-3-11-23-14/h13-20H,2-12H2,1H3/t13?,14?,15?,16?,17?,18-/m1/s1. The van der Waals surface area contributed by atoms with Gasteiger partial charge in [0.1, 0.15) is 9.84 Å². The molecule has 1 saturated carbocycles. The third-order valence-corrected chi connectivity index (χ3v) is 9.45. The van der Waals surface area contributed by atoms with E-state index in [1.165, 1.54) is 37.7 Å². The fraction of sp³-hybridized carbons (Fsp3) is 1.00. The van der Waals surface area contributed by atoms with Crippen molar-refractivity contribution in [2.45, 2.75) is 92.9 Å². The molecule has 2 saturated heterocycles. The second-order valence-corrected chi connectivity index (χ2v) is 11.8. The molecule has 0 bridgehead atoms. The Kier molecular flexibility index (Phi) is 6.55. The predicted molar refractivity (Wildman–Crippen MR) is 101 cm³/mol. The average Bonchev–Trinajstić information content (AvgIpc) is 3.07. The maximum absolute atomic E-state index is 11.7. The van der Waals surface area contributed by atoms with Crippen LogP contribution >= 0.6 is 11.8 Å². The van der Waals surface area contributed by atoms with Gasteiger partial charge in [0, 0.05) is 23.6 Å². The maximum Gasteiger partial charge on any atom is 0.150 e. The first-order chi connectivity index (χ1) is 11.4. The Hall–Kier alpha value is 0.220. The summed E-state index contributed by atoms with van der Waals surface area (Å²) >= 11 is 2.02. The van der Waals surface area contributed by atoms with Crippen LogP contribution in [0, 0.1) is 5.92 Å². The van der Waals surface area contributed by atoms with Gasteiger partial charge in [-0.25, -0.2) is 8.42 Å². The minimum absolute atomic E-state index is 0.127. The third-order valence-electron chi connectivity index (χ3n) is 6.34. The van der Waals surface area contributed by atoms with Crippen LogP contribution in [0.15, 0.2) is 0 Å². The van der Waals surface area contributed by atoms with Crippen molar-refractivity contribution in [3.63, 3.8) is 0 Å². The number of hydrogen-bond acceptors (Lipinski definition) is 5. The largest absolute Gasteiger partial charge is 0.391 e. The zero-order chi connectivity index (χ0) is 17.2. The average molecular weight is 376 g/mol. The first-order valence-electron chi connectivity index (χ1n) is 9.68. The molecule has 0 spiro atoms. The smallest absolute Gasteiger partial charge is 0.150 e. The summed E-state index contributed by atoms with van der Waals surface area (Å²) in [6, 6.07) is 0.702. The summed E-state index contributed by atoms with van der Waals surface area (Å²) in [5.74, 6) is 1.83. The van der Waals surface area contributed by atoms with Crippen molar-refractivity contribution >= 4 is 21.6 Å². The summed E-state index contributed by atoms with van der Waals surface area (Å²) in [7, 11) is -2.88. The SMILES string of the molecule is CS(=O)(=O)C1CCC(C2CCCC([C@H](O)CC3CCCS3)N2)CC1. The maximum atomic E-state index is 11.7. The Labute approximate surface area is 151 Å². The molecule has 24 heavy (non-hydrogen) atoms. The quantitative estimate of drug-likeness (QED) is 0.773. The summed E-state index contributed by atoms with van der Waals surface area (Å²) in [4.78, 5) is 0. The fourth-order valence-electron chi connectivity index (χ4n) is 4.86. The molecule has 4 atom stereocenters. The number of thioether (sulfide) groups is 1. The van der Waals surface area contributed by atoms with Crippen LogP contribution < -0.4 is 5.32 Å². The van der Waals surface area contributed by atoms with Gasteiger partial charge in [0.05, 0.1) is 11.4 Å². The number of aliphatic hydroxyl groups excluding tert-OH is 1. The van der Waals surface area contributed by atoms with Gasteiger partial charge in [0.2, 0.25) is 0 Å². The van der Waals surface area contributed by atoms with E-state index < -0.39 is 9.84 Å². The Balaban J connectivity index is 1.48. The molecule has 4 nitrogen and oxygen atoms in total. The highest BCUT2D eigenvalue weighted by molar-refractivity contribution is 8.00. The number of nitrogens with one attached hydrogen (secondary N) is 1. The zero-order valence-corrected chi connectivity index (χ0v) is 16.5. The lowest BCUT2D eigenvalue weighted by atomic mass is 9.79. The van der Waals surface area contributed by atoms with Crippen LogP contribution in [0.4, 0.5) is 0 Å². The summed E-state index contributed by atoms with van der Waals surface area (Å²) in [6.45, 7) is 0. The molecule has 0 aromatic carbocycles. The Morgan fingerprint density at radius 3 is 2.46 bits per heavy atom. The summed E-state index contributed by atoms with van der Waals surface area (Å²) in [5, 5.41) is 14.9. The van der Waals surface area contributed by atoms with Gasteiger partial charge in [0.25, 0.3) is 0 Å². The molecule has 140 valence electrons. The van der Waals surface area contributed by atoms with Crippen molar-refractivity contribution in [3.05, 3.63) is 0 Å². The summed E-state index contributed by atoms with van der Waals surface area (Å²) < 4.78 is 23.4. The highest BCUT2D eigenvalue weighted by Gasteiger charge is 2.36. The molecule has 0 aromatic rings. The fourth-order valence-corrected chi connectivity index (χ4v) is 7.32. The van der Waals surface area contributed by atoms with Crippen LogP contribution in [-0.2, 0) is 9.84 Å². The molecule has 6 heteroatoms. The van der Waals surface area contributed by atoms with Crippen LogP contribution in [0.3, 0.4) is 0 Å². The summed E-state index contributed by atoms with van der Waals surface area (Å²) in [6.07, 6.45) is 11.7. The second kappa shape index (κ2) is 8.28. The number of sulfone groups is 1. The van der Waals surface area contributed by atoms with E-state index in [-0.39, 0.29) is 17.4 Å². The van der Waals surface area contributed by atoms with Gasteiger partial charge in [0.15, 0.2) is 0 Å².